The highest BCUT2D eigenvalue weighted by Gasteiger charge is 2.49. The first-order valence-corrected chi connectivity index (χ1v) is 11.8. The second kappa shape index (κ2) is 10.9. The lowest BCUT2D eigenvalue weighted by Gasteiger charge is -2.57. The molecule has 6 heteroatoms. The number of carbonyl (C=O) groups is 1. The Morgan fingerprint density at radius 3 is 2.64 bits per heavy atom. The molecule has 0 radical (unpaired) electrons. The quantitative estimate of drug-likeness (QED) is 0.712. The average molecular weight is 447 g/mol. The molecule has 0 unspecified atom stereocenters. The van der Waals surface area contributed by atoms with Crippen molar-refractivity contribution in [3.63, 3.8) is 0 Å². The summed E-state index contributed by atoms with van der Waals surface area (Å²) in [5.41, 5.74) is 3.03. The van der Waals surface area contributed by atoms with E-state index in [4.69, 9.17) is 0 Å². The minimum atomic E-state index is 0.103. The number of aliphatic hydroxyl groups excluding tert-OH is 1. The average Bonchev–Trinajstić information content (AvgIpc) is 2.79. The van der Waals surface area contributed by atoms with E-state index in [9.17, 15) is 9.90 Å². The van der Waals surface area contributed by atoms with Gasteiger partial charge in [-0.3, -0.25) is 19.6 Å². The van der Waals surface area contributed by atoms with Gasteiger partial charge in [0, 0.05) is 48.5 Å². The summed E-state index contributed by atoms with van der Waals surface area (Å²) in [4.78, 5) is 23.9. The smallest absolute Gasteiger partial charge is 0.228 e. The van der Waals surface area contributed by atoms with Crippen molar-refractivity contribution in [1.29, 1.82) is 0 Å². The Bertz CT molecular complexity index is 981. The molecule has 1 amide bonds. The van der Waals surface area contributed by atoms with Crippen LogP contribution in [0.15, 0.2) is 48.7 Å². The molecule has 1 N–H and O–H groups in total. The van der Waals surface area contributed by atoms with Crippen LogP contribution < -0.4 is 0 Å². The van der Waals surface area contributed by atoms with Crippen LogP contribution in [0.3, 0.4) is 0 Å². The Balaban J connectivity index is 1.49. The third-order valence-electron chi connectivity index (χ3n) is 6.70. The molecule has 2 aliphatic rings. The van der Waals surface area contributed by atoms with Crippen LogP contribution in [0.2, 0.25) is 0 Å². The molecule has 3 atom stereocenters. The highest BCUT2D eigenvalue weighted by molar-refractivity contribution is 5.78. The molecular weight excluding hydrogens is 412 g/mol. The van der Waals surface area contributed by atoms with E-state index in [1.54, 1.807) is 6.20 Å². The van der Waals surface area contributed by atoms with Gasteiger partial charge in [-0.05, 0) is 63.3 Å². The van der Waals surface area contributed by atoms with Gasteiger partial charge in [-0.2, -0.15) is 0 Å². The summed E-state index contributed by atoms with van der Waals surface area (Å²) < 4.78 is 0. The molecule has 0 bridgehead atoms. The van der Waals surface area contributed by atoms with Crippen molar-refractivity contribution in [2.45, 2.75) is 37.3 Å². The SMILES string of the molecule is CN(C)CC#Cc1ccc([C@H]2[C@@H](CO)N3CCCCN(C(=O)Cc4ccccn4)C[C@H]23)cc1. The van der Waals surface area contributed by atoms with Crippen LogP contribution in [0, 0.1) is 11.8 Å². The number of fused-ring (bicyclic) bond motifs is 1. The Hall–Kier alpha value is -2.72. The number of hydrogen-bond acceptors (Lipinski definition) is 5. The van der Waals surface area contributed by atoms with Gasteiger partial charge < -0.3 is 10.0 Å². The van der Waals surface area contributed by atoms with Gasteiger partial charge in [0.1, 0.15) is 0 Å². The van der Waals surface area contributed by atoms with Crippen molar-refractivity contribution in [2.24, 2.45) is 0 Å². The van der Waals surface area contributed by atoms with Crippen molar-refractivity contribution in [3.8, 4) is 11.8 Å². The van der Waals surface area contributed by atoms with Crippen LogP contribution in [0.25, 0.3) is 0 Å². The van der Waals surface area contributed by atoms with Gasteiger partial charge in [0.05, 0.1) is 19.6 Å². The first-order chi connectivity index (χ1) is 16.1. The fraction of sp³-hybridized carbons (Fsp3) is 0.481. The van der Waals surface area contributed by atoms with Gasteiger partial charge >= 0.3 is 0 Å². The molecule has 2 fully saturated rings. The first kappa shape index (κ1) is 23.4. The van der Waals surface area contributed by atoms with Crippen molar-refractivity contribution < 1.29 is 9.90 Å². The van der Waals surface area contributed by atoms with E-state index >= 15 is 0 Å². The Morgan fingerprint density at radius 1 is 1.15 bits per heavy atom. The maximum Gasteiger partial charge on any atom is 0.228 e. The lowest BCUT2D eigenvalue weighted by molar-refractivity contribution is -0.135. The normalized spacial score (nSPS) is 23.0. The zero-order chi connectivity index (χ0) is 23.2. The van der Waals surface area contributed by atoms with Crippen LogP contribution in [0.4, 0.5) is 0 Å². The summed E-state index contributed by atoms with van der Waals surface area (Å²) in [6.45, 7) is 3.32. The van der Waals surface area contributed by atoms with Crippen LogP contribution in [0.5, 0.6) is 0 Å². The van der Waals surface area contributed by atoms with Crippen LogP contribution in [0.1, 0.15) is 35.6 Å². The maximum atomic E-state index is 13.1. The third kappa shape index (κ3) is 5.62. The number of amides is 1. The largest absolute Gasteiger partial charge is 0.395 e. The van der Waals surface area contributed by atoms with E-state index in [1.807, 2.05) is 42.1 Å². The molecule has 2 aliphatic heterocycles. The summed E-state index contributed by atoms with van der Waals surface area (Å²) in [5, 5.41) is 10.2. The second-order valence-electron chi connectivity index (χ2n) is 9.29. The molecule has 0 saturated carbocycles. The number of nitrogens with zero attached hydrogens (tertiary/aromatic N) is 4. The van der Waals surface area contributed by atoms with Gasteiger partial charge in [0.25, 0.3) is 0 Å². The van der Waals surface area contributed by atoms with Crippen LogP contribution >= 0.6 is 0 Å². The molecule has 6 nitrogen and oxygen atoms in total. The van der Waals surface area contributed by atoms with Crippen molar-refractivity contribution in [1.82, 2.24) is 19.7 Å². The minimum Gasteiger partial charge on any atom is -0.395 e. The summed E-state index contributed by atoms with van der Waals surface area (Å²) in [7, 11) is 4.02. The molecule has 2 aromatic rings. The van der Waals surface area contributed by atoms with Gasteiger partial charge in [-0.15, -0.1) is 0 Å². The van der Waals surface area contributed by atoms with E-state index in [2.05, 4.69) is 46.0 Å². The zero-order valence-electron chi connectivity index (χ0n) is 19.7. The van der Waals surface area contributed by atoms with Gasteiger partial charge in [0.2, 0.25) is 5.91 Å². The summed E-state index contributed by atoms with van der Waals surface area (Å²) in [6.07, 6.45) is 4.09. The Kier molecular flexibility index (Phi) is 7.77. The van der Waals surface area contributed by atoms with Crippen molar-refractivity contribution >= 4 is 5.91 Å². The molecule has 3 heterocycles. The second-order valence-corrected chi connectivity index (χ2v) is 9.29. The first-order valence-electron chi connectivity index (χ1n) is 11.8. The van der Waals surface area contributed by atoms with Crippen molar-refractivity contribution in [2.75, 3.05) is 46.9 Å². The van der Waals surface area contributed by atoms with Gasteiger partial charge in [-0.25, -0.2) is 0 Å². The maximum absolute atomic E-state index is 13.1. The Morgan fingerprint density at radius 2 is 1.94 bits per heavy atom. The molecule has 1 aromatic heterocycles. The molecular formula is C27H34N4O2. The monoisotopic (exact) mass is 446 g/mol. The lowest BCUT2D eigenvalue weighted by atomic mass is 9.74. The Labute approximate surface area is 197 Å². The molecule has 174 valence electrons. The number of hydrogen-bond donors (Lipinski definition) is 1. The number of aromatic nitrogens is 1. The summed E-state index contributed by atoms with van der Waals surface area (Å²) in [6, 6.07) is 14.5. The van der Waals surface area contributed by atoms with Gasteiger partial charge in [0.15, 0.2) is 0 Å². The van der Waals surface area contributed by atoms with E-state index in [-0.39, 0.29) is 30.5 Å². The predicted octanol–water partition coefficient (Wildman–Crippen LogP) is 1.99. The fourth-order valence-corrected chi connectivity index (χ4v) is 5.02. The topological polar surface area (TPSA) is 59.9 Å². The van der Waals surface area contributed by atoms with Crippen LogP contribution in [-0.2, 0) is 11.2 Å². The molecule has 2 saturated heterocycles. The third-order valence-corrected chi connectivity index (χ3v) is 6.70. The molecule has 0 aliphatic carbocycles. The number of benzene rings is 1. The molecule has 1 aromatic carbocycles. The highest BCUT2D eigenvalue weighted by Crippen LogP contribution is 2.42. The molecule has 4 rings (SSSR count). The van der Waals surface area contributed by atoms with E-state index in [0.29, 0.717) is 13.0 Å². The molecule has 33 heavy (non-hydrogen) atoms. The predicted molar refractivity (Wildman–Crippen MR) is 130 cm³/mol. The lowest BCUT2D eigenvalue weighted by Crippen LogP contribution is -2.68. The molecule has 0 spiro atoms. The van der Waals surface area contributed by atoms with Gasteiger partial charge in [-0.1, -0.05) is 30.0 Å². The number of carbonyl (C=O) groups excluding carboxylic acids is 1. The zero-order valence-corrected chi connectivity index (χ0v) is 19.7. The van der Waals surface area contributed by atoms with E-state index in [0.717, 1.165) is 43.7 Å². The van der Waals surface area contributed by atoms with Crippen LogP contribution in [-0.4, -0.2) is 89.7 Å². The van der Waals surface area contributed by atoms with E-state index < -0.39 is 0 Å². The van der Waals surface area contributed by atoms with Crippen molar-refractivity contribution in [3.05, 3.63) is 65.5 Å². The number of pyridine rings is 1. The minimum absolute atomic E-state index is 0.103. The van der Waals surface area contributed by atoms with E-state index in [1.165, 1.54) is 5.56 Å². The standard InChI is InChI=1S/C27H34N4O2/c1-29(2)15-7-8-21-10-12-22(13-11-21)27-24-19-30(16-5-6-17-31(24)25(27)20-32)26(33)18-23-9-3-4-14-28-23/h3-4,9-14,24-25,27,32H,5-6,15-20H2,1-2H3/t24-,25-,27-/m1/s1. The summed E-state index contributed by atoms with van der Waals surface area (Å²) in [5.74, 6) is 6.73. The number of rotatable bonds is 5. The fourth-order valence-electron chi connectivity index (χ4n) is 5.02. The summed E-state index contributed by atoms with van der Waals surface area (Å²) >= 11 is 0. The number of aliphatic hydroxyl groups is 1. The highest BCUT2D eigenvalue weighted by atomic mass is 16.3.